The van der Waals surface area contributed by atoms with Crippen molar-refractivity contribution in [3.05, 3.63) is 49.9 Å². The molecule has 0 bridgehead atoms. The van der Waals surface area contributed by atoms with Crippen LogP contribution in [0.15, 0.2) is 27.7 Å². The molecule has 0 aliphatic rings. The Bertz CT molecular complexity index is 639. The van der Waals surface area contributed by atoms with E-state index in [9.17, 15) is 13.6 Å². The minimum absolute atomic E-state index is 0.125. The number of nitrogens with zero attached hydrogens (tertiary/aromatic N) is 1. The van der Waals surface area contributed by atoms with Crippen LogP contribution in [0.25, 0.3) is 0 Å². The first-order valence-corrected chi connectivity index (χ1v) is 5.81. The molecule has 1 aromatic heterocycles. The normalized spacial score (nSPS) is 10.4. The highest BCUT2D eigenvalue weighted by molar-refractivity contribution is 9.10. The molecule has 0 radical (unpaired) electrons. The fourth-order valence-corrected chi connectivity index (χ4v) is 1.80. The summed E-state index contributed by atoms with van der Waals surface area (Å²) in [4.78, 5) is 17.1. The van der Waals surface area contributed by atoms with E-state index in [0.717, 1.165) is 18.5 Å². The van der Waals surface area contributed by atoms with Crippen LogP contribution in [0.1, 0.15) is 0 Å². The molecule has 2 N–H and O–H groups in total. The van der Waals surface area contributed by atoms with E-state index in [2.05, 4.69) is 31.2 Å². The van der Waals surface area contributed by atoms with Gasteiger partial charge in [-0.15, -0.1) is 0 Å². The summed E-state index contributed by atoms with van der Waals surface area (Å²) in [7, 11) is 0. The standard InChI is InChI=1S/C10H5BrClF2N3O/c11-4-1-5(13)8(6(14)2-4)17-9-7(12)10(18)16-3-15-9/h1-3H,(H2,15,16,17,18). The molecule has 0 aliphatic heterocycles. The smallest absolute Gasteiger partial charge is 0.271 e. The molecule has 18 heavy (non-hydrogen) atoms. The number of H-pyrrole nitrogens is 1. The van der Waals surface area contributed by atoms with Crippen molar-refractivity contribution in [2.75, 3.05) is 5.32 Å². The summed E-state index contributed by atoms with van der Waals surface area (Å²) in [5.74, 6) is -1.79. The van der Waals surface area contributed by atoms with Crippen LogP contribution in [-0.4, -0.2) is 9.97 Å². The number of hydrogen-bond donors (Lipinski definition) is 2. The maximum absolute atomic E-state index is 13.5. The second kappa shape index (κ2) is 5.03. The quantitative estimate of drug-likeness (QED) is 0.885. The van der Waals surface area contributed by atoms with Crippen molar-refractivity contribution in [2.45, 2.75) is 0 Å². The van der Waals surface area contributed by atoms with Gasteiger partial charge in [0.2, 0.25) is 0 Å². The van der Waals surface area contributed by atoms with Crippen molar-refractivity contribution in [2.24, 2.45) is 0 Å². The molecule has 1 aromatic carbocycles. The van der Waals surface area contributed by atoms with Gasteiger partial charge in [-0.2, -0.15) is 0 Å². The molecular weight excluding hydrogens is 331 g/mol. The molecule has 0 aliphatic carbocycles. The lowest BCUT2D eigenvalue weighted by molar-refractivity contribution is 0.589. The predicted octanol–water partition coefficient (Wildman–Crippen LogP) is 3.21. The fourth-order valence-electron chi connectivity index (χ4n) is 1.25. The van der Waals surface area contributed by atoms with Crippen LogP contribution < -0.4 is 10.9 Å². The van der Waals surface area contributed by atoms with Gasteiger partial charge in [0.05, 0.1) is 6.33 Å². The number of benzene rings is 1. The van der Waals surface area contributed by atoms with Gasteiger partial charge in [-0.3, -0.25) is 4.79 Å². The summed E-state index contributed by atoms with van der Waals surface area (Å²) in [6.07, 6.45) is 1.07. The summed E-state index contributed by atoms with van der Waals surface area (Å²) >= 11 is 8.61. The number of aromatic nitrogens is 2. The van der Waals surface area contributed by atoms with E-state index in [0.29, 0.717) is 0 Å². The van der Waals surface area contributed by atoms with Gasteiger partial charge in [-0.1, -0.05) is 27.5 Å². The lowest BCUT2D eigenvalue weighted by Crippen LogP contribution is -2.10. The van der Waals surface area contributed by atoms with Gasteiger partial charge in [-0.05, 0) is 12.1 Å². The average Bonchev–Trinajstić information content (AvgIpc) is 2.28. The first-order chi connectivity index (χ1) is 8.49. The summed E-state index contributed by atoms with van der Waals surface area (Å²) in [6, 6.07) is 2.15. The molecule has 0 atom stereocenters. The highest BCUT2D eigenvalue weighted by atomic mass is 79.9. The molecule has 2 rings (SSSR count). The molecule has 2 aromatic rings. The first kappa shape index (κ1) is 13.0. The second-order valence-electron chi connectivity index (χ2n) is 3.26. The highest BCUT2D eigenvalue weighted by Gasteiger charge is 2.14. The third-order valence-electron chi connectivity index (χ3n) is 2.05. The molecule has 94 valence electrons. The Morgan fingerprint density at radius 1 is 1.33 bits per heavy atom. The van der Waals surface area contributed by atoms with Gasteiger partial charge in [0.25, 0.3) is 5.56 Å². The Balaban J connectivity index is 2.47. The van der Waals surface area contributed by atoms with Crippen LogP contribution >= 0.6 is 27.5 Å². The van der Waals surface area contributed by atoms with Gasteiger partial charge in [-0.25, -0.2) is 13.8 Å². The molecule has 0 saturated carbocycles. The highest BCUT2D eigenvalue weighted by Crippen LogP contribution is 2.27. The van der Waals surface area contributed by atoms with E-state index >= 15 is 0 Å². The lowest BCUT2D eigenvalue weighted by atomic mass is 10.3. The third kappa shape index (κ3) is 2.51. The summed E-state index contributed by atoms with van der Waals surface area (Å²) in [6.45, 7) is 0. The van der Waals surface area contributed by atoms with E-state index in [4.69, 9.17) is 11.6 Å². The van der Waals surface area contributed by atoms with Crippen molar-refractivity contribution in [1.82, 2.24) is 9.97 Å². The molecule has 0 fully saturated rings. The summed E-state index contributed by atoms with van der Waals surface area (Å²) in [5.41, 5.74) is -1.04. The second-order valence-corrected chi connectivity index (χ2v) is 4.56. The molecule has 0 saturated heterocycles. The Labute approximate surface area is 113 Å². The SMILES string of the molecule is O=c1[nH]cnc(Nc2c(F)cc(Br)cc2F)c1Cl. The number of anilines is 2. The molecule has 4 nitrogen and oxygen atoms in total. The zero-order valence-electron chi connectivity index (χ0n) is 8.60. The van der Waals surface area contributed by atoms with Crippen molar-refractivity contribution in [3.8, 4) is 0 Å². The monoisotopic (exact) mass is 335 g/mol. The van der Waals surface area contributed by atoms with Gasteiger partial charge in [0.1, 0.15) is 10.7 Å². The molecule has 0 spiro atoms. The minimum atomic E-state index is -0.833. The average molecular weight is 337 g/mol. The van der Waals surface area contributed by atoms with E-state index in [1.807, 2.05) is 0 Å². The first-order valence-electron chi connectivity index (χ1n) is 4.64. The van der Waals surface area contributed by atoms with Gasteiger partial charge in [0, 0.05) is 4.47 Å². The summed E-state index contributed by atoms with van der Waals surface area (Å²) in [5, 5.41) is 2.06. The Morgan fingerprint density at radius 2 is 1.94 bits per heavy atom. The van der Waals surface area contributed by atoms with Crippen LogP contribution in [0, 0.1) is 11.6 Å². The van der Waals surface area contributed by atoms with Crippen LogP contribution in [0.3, 0.4) is 0 Å². The maximum atomic E-state index is 13.5. The van der Waals surface area contributed by atoms with Gasteiger partial charge in [0.15, 0.2) is 17.5 Å². The number of hydrogen-bond acceptors (Lipinski definition) is 3. The Hall–Kier alpha value is -1.47. The van der Waals surface area contributed by atoms with Crippen LogP contribution in [0.2, 0.25) is 5.02 Å². The number of rotatable bonds is 2. The van der Waals surface area contributed by atoms with Crippen molar-refractivity contribution in [1.29, 1.82) is 0 Å². The third-order valence-corrected chi connectivity index (χ3v) is 2.86. The van der Waals surface area contributed by atoms with Crippen LogP contribution in [-0.2, 0) is 0 Å². The number of halogens is 4. The Morgan fingerprint density at radius 3 is 2.56 bits per heavy atom. The number of nitrogens with one attached hydrogen (secondary N) is 2. The van der Waals surface area contributed by atoms with E-state index in [1.165, 1.54) is 0 Å². The molecule has 8 heteroatoms. The minimum Gasteiger partial charge on any atom is -0.334 e. The maximum Gasteiger partial charge on any atom is 0.271 e. The Kier molecular flexibility index (Phi) is 3.63. The van der Waals surface area contributed by atoms with Crippen LogP contribution in [0.4, 0.5) is 20.3 Å². The molecule has 0 amide bonds. The number of aromatic amines is 1. The zero-order chi connectivity index (χ0) is 13.3. The van der Waals surface area contributed by atoms with E-state index < -0.39 is 22.9 Å². The van der Waals surface area contributed by atoms with Gasteiger partial charge >= 0.3 is 0 Å². The zero-order valence-corrected chi connectivity index (χ0v) is 10.9. The molecule has 0 unspecified atom stereocenters. The largest absolute Gasteiger partial charge is 0.334 e. The molecular formula is C10H5BrClF2N3O. The van der Waals surface area contributed by atoms with Crippen molar-refractivity contribution >= 4 is 39.0 Å². The van der Waals surface area contributed by atoms with E-state index in [1.54, 1.807) is 0 Å². The summed E-state index contributed by atoms with van der Waals surface area (Å²) < 4.78 is 27.3. The lowest BCUT2D eigenvalue weighted by Gasteiger charge is -2.09. The van der Waals surface area contributed by atoms with Crippen LogP contribution in [0.5, 0.6) is 0 Å². The predicted molar refractivity (Wildman–Crippen MR) is 67.2 cm³/mol. The fraction of sp³-hybridized carbons (Fsp3) is 0. The van der Waals surface area contributed by atoms with E-state index in [-0.39, 0.29) is 15.3 Å². The van der Waals surface area contributed by atoms with Crippen molar-refractivity contribution in [3.63, 3.8) is 0 Å². The van der Waals surface area contributed by atoms with Gasteiger partial charge < -0.3 is 10.3 Å². The van der Waals surface area contributed by atoms with Crippen molar-refractivity contribution < 1.29 is 8.78 Å². The topological polar surface area (TPSA) is 57.8 Å². The molecule has 1 heterocycles.